The van der Waals surface area contributed by atoms with Crippen LogP contribution in [0.5, 0.6) is 0 Å². The van der Waals surface area contributed by atoms with Gasteiger partial charge in [-0.2, -0.15) is 0 Å². The molecule has 0 bridgehead atoms. The van der Waals surface area contributed by atoms with Gasteiger partial charge in [0, 0.05) is 12.1 Å². The Balaban J connectivity index is 1.89. The lowest BCUT2D eigenvalue weighted by Gasteiger charge is -2.11. The van der Waals surface area contributed by atoms with Gasteiger partial charge in [0.05, 0.1) is 7.11 Å². The van der Waals surface area contributed by atoms with Crippen molar-refractivity contribution in [2.24, 2.45) is 0 Å². The highest BCUT2D eigenvalue weighted by atomic mass is 19.1. The van der Waals surface area contributed by atoms with E-state index in [1.807, 2.05) is 0 Å². The molecular formula is C20H16FNO5. The summed E-state index contributed by atoms with van der Waals surface area (Å²) in [5, 5.41) is 2.80. The Morgan fingerprint density at radius 3 is 2.41 bits per heavy atom. The van der Waals surface area contributed by atoms with Gasteiger partial charge in [0.1, 0.15) is 17.1 Å². The van der Waals surface area contributed by atoms with Crippen LogP contribution in [0.3, 0.4) is 0 Å². The molecule has 2 aromatic rings. The maximum atomic E-state index is 13.0. The number of hydrogen-bond acceptors (Lipinski definition) is 6. The van der Waals surface area contributed by atoms with Crippen molar-refractivity contribution in [3.8, 4) is 0 Å². The first-order chi connectivity index (χ1) is 13.0. The normalized spacial score (nSPS) is 16.1. The third-order valence-electron chi connectivity index (χ3n) is 4.04. The van der Waals surface area contributed by atoms with Gasteiger partial charge < -0.3 is 14.8 Å². The van der Waals surface area contributed by atoms with E-state index in [4.69, 9.17) is 9.47 Å². The van der Waals surface area contributed by atoms with Crippen LogP contribution in [0.15, 0.2) is 65.9 Å². The summed E-state index contributed by atoms with van der Waals surface area (Å²) in [5.74, 6) is -2.58. The van der Waals surface area contributed by atoms with E-state index in [1.54, 1.807) is 30.3 Å². The molecule has 0 fully saturated rings. The molecular weight excluding hydrogens is 353 g/mol. The van der Waals surface area contributed by atoms with Crippen LogP contribution in [0.2, 0.25) is 0 Å². The number of ketones is 1. The Hall–Kier alpha value is -3.48. The highest BCUT2D eigenvalue weighted by molar-refractivity contribution is 6.14. The third kappa shape index (κ3) is 3.87. The number of carbonyl (C=O) groups excluding carboxylic acids is 3. The second-order valence-electron chi connectivity index (χ2n) is 5.78. The van der Waals surface area contributed by atoms with Crippen molar-refractivity contribution >= 4 is 17.7 Å². The summed E-state index contributed by atoms with van der Waals surface area (Å²) in [5.41, 5.74) is 0.661. The lowest BCUT2D eigenvalue weighted by atomic mass is 10.00. The van der Waals surface area contributed by atoms with Crippen LogP contribution in [0.4, 0.5) is 4.39 Å². The molecule has 2 aromatic carbocycles. The number of nitrogens with one attached hydrogen (secondary N) is 1. The lowest BCUT2D eigenvalue weighted by molar-refractivity contribution is -0.139. The Bertz CT molecular complexity index is 906. The molecule has 0 aliphatic carbocycles. The zero-order chi connectivity index (χ0) is 19.4. The van der Waals surface area contributed by atoms with Gasteiger partial charge in [-0.1, -0.05) is 42.5 Å². The first-order valence-corrected chi connectivity index (χ1v) is 8.12. The number of cyclic esters (lactones) is 1. The van der Waals surface area contributed by atoms with Gasteiger partial charge in [-0.3, -0.25) is 4.79 Å². The minimum Gasteiger partial charge on any atom is -0.465 e. The molecule has 7 heteroatoms. The number of halogens is 1. The predicted octanol–water partition coefficient (Wildman–Crippen LogP) is 2.15. The van der Waals surface area contributed by atoms with E-state index < -0.39 is 23.8 Å². The van der Waals surface area contributed by atoms with Crippen molar-refractivity contribution in [3.63, 3.8) is 0 Å². The van der Waals surface area contributed by atoms with Gasteiger partial charge >= 0.3 is 11.9 Å². The number of carbonyl (C=O) groups is 3. The monoisotopic (exact) mass is 369 g/mol. The number of esters is 2. The van der Waals surface area contributed by atoms with Gasteiger partial charge in [-0.25, -0.2) is 14.0 Å². The maximum absolute atomic E-state index is 13.0. The summed E-state index contributed by atoms with van der Waals surface area (Å²) in [6, 6.07) is 13.8. The second-order valence-corrected chi connectivity index (χ2v) is 5.78. The van der Waals surface area contributed by atoms with Gasteiger partial charge in [-0.15, -0.1) is 0 Å². The molecule has 0 saturated heterocycles. The standard InChI is InChI=1S/C20H16FNO5/c1-26-19(24)15-16(22-11-12-7-9-14(21)10-8-12)20(25)27-18(15)17(23)13-5-3-2-4-6-13/h2-10,18,22H,11H2,1H3. The fraction of sp³-hybridized carbons (Fsp3) is 0.150. The summed E-state index contributed by atoms with van der Waals surface area (Å²) < 4.78 is 22.9. The summed E-state index contributed by atoms with van der Waals surface area (Å²) in [6.45, 7) is 0.136. The molecule has 1 N–H and O–H groups in total. The Labute approximate surface area is 154 Å². The Morgan fingerprint density at radius 2 is 1.78 bits per heavy atom. The van der Waals surface area contributed by atoms with Crippen molar-refractivity contribution in [2.45, 2.75) is 12.6 Å². The molecule has 1 unspecified atom stereocenters. The first kappa shape index (κ1) is 18.3. The van der Waals surface area contributed by atoms with Gasteiger partial charge in [0.2, 0.25) is 5.78 Å². The highest BCUT2D eigenvalue weighted by Gasteiger charge is 2.43. The predicted molar refractivity (Wildman–Crippen MR) is 92.9 cm³/mol. The van der Waals surface area contributed by atoms with E-state index in [0.717, 1.165) is 7.11 Å². The molecule has 0 amide bonds. The average molecular weight is 369 g/mol. The van der Waals surface area contributed by atoms with Crippen molar-refractivity contribution in [3.05, 3.63) is 82.8 Å². The van der Waals surface area contributed by atoms with Crippen LogP contribution in [-0.4, -0.2) is 30.9 Å². The molecule has 27 heavy (non-hydrogen) atoms. The van der Waals surface area contributed by atoms with Crippen LogP contribution >= 0.6 is 0 Å². The quantitative estimate of drug-likeness (QED) is 0.621. The second kappa shape index (κ2) is 7.82. The van der Waals surface area contributed by atoms with Crippen LogP contribution in [-0.2, 0) is 25.6 Å². The molecule has 0 aromatic heterocycles. The summed E-state index contributed by atoms with van der Waals surface area (Å²) in [6.07, 6.45) is -1.39. The van der Waals surface area contributed by atoms with E-state index in [2.05, 4.69) is 5.32 Å². The van der Waals surface area contributed by atoms with Gasteiger partial charge in [0.25, 0.3) is 0 Å². The molecule has 1 heterocycles. The number of benzene rings is 2. The molecule has 1 aliphatic heterocycles. The van der Waals surface area contributed by atoms with Crippen molar-refractivity contribution in [1.82, 2.24) is 5.32 Å². The van der Waals surface area contributed by atoms with Crippen LogP contribution in [0, 0.1) is 5.82 Å². The number of Topliss-reactive ketones (excluding diaryl/α,β-unsaturated/α-hetero) is 1. The maximum Gasteiger partial charge on any atom is 0.356 e. The molecule has 1 atom stereocenters. The fourth-order valence-corrected chi connectivity index (χ4v) is 2.68. The topological polar surface area (TPSA) is 81.7 Å². The molecule has 6 nitrogen and oxygen atoms in total. The zero-order valence-corrected chi connectivity index (χ0v) is 14.4. The van der Waals surface area contributed by atoms with Gasteiger partial charge in [-0.05, 0) is 17.7 Å². The van der Waals surface area contributed by atoms with E-state index in [0.29, 0.717) is 11.1 Å². The van der Waals surface area contributed by atoms with E-state index in [1.165, 1.54) is 24.3 Å². The molecule has 138 valence electrons. The fourth-order valence-electron chi connectivity index (χ4n) is 2.68. The SMILES string of the molecule is COC(=O)C1=C(NCc2ccc(F)cc2)C(=O)OC1C(=O)c1ccccc1. The Kier molecular flexibility index (Phi) is 5.30. The van der Waals surface area contributed by atoms with Crippen LogP contribution < -0.4 is 5.32 Å². The van der Waals surface area contributed by atoms with Crippen LogP contribution in [0.1, 0.15) is 15.9 Å². The minimum atomic E-state index is -1.39. The number of methoxy groups -OCH3 is 1. The van der Waals surface area contributed by atoms with Crippen LogP contribution in [0.25, 0.3) is 0 Å². The van der Waals surface area contributed by atoms with E-state index in [-0.39, 0.29) is 23.6 Å². The third-order valence-corrected chi connectivity index (χ3v) is 4.04. The Morgan fingerprint density at radius 1 is 1.11 bits per heavy atom. The summed E-state index contributed by atoms with van der Waals surface area (Å²) >= 11 is 0. The highest BCUT2D eigenvalue weighted by Crippen LogP contribution is 2.26. The number of hydrogen-bond donors (Lipinski definition) is 1. The van der Waals surface area contributed by atoms with E-state index >= 15 is 0 Å². The van der Waals surface area contributed by atoms with E-state index in [9.17, 15) is 18.8 Å². The first-order valence-electron chi connectivity index (χ1n) is 8.12. The zero-order valence-electron chi connectivity index (χ0n) is 14.4. The van der Waals surface area contributed by atoms with Crippen molar-refractivity contribution < 1.29 is 28.2 Å². The number of ether oxygens (including phenoxy) is 2. The molecule has 1 aliphatic rings. The summed E-state index contributed by atoms with van der Waals surface area (Å²) in [7, 11) is 1.15. The molecule has 0 spiro atoms. The summed E-state index contributed by atoms with van der Waals surface area (Å²) in [4.78, 5) is 37.2. The smallest absolute Gasteiger partial charge is 0.356 e. The minimum absolute atomic E-state index is 0.136. The van der Waals surface area contributed by atoms with Gasteiger partial charge in [0.15, 0.2) is 6.10 Å². The molecule has 0 saturated carbocycles. The van der Waals surface area contributed by atoms with Crippen molar-refractivity contribution in [2.75, 3.05) is 7.11 Å². The molecule has 0 radical (unpaired) electrons. The number of rotatable bonds is 6. The average Bonchev–Trinajstić information content (AvgIpc) is 3.03. The van der Waals surface area contributed by atoms with Crippen molar-refractivity contribution in [1.29, 1.82) is 0 Å². The molecule has 3 rings (SSSR count). The lowest BCUT2D eigenvalue weighted by Crippen LogP contribution is -2.28. The largest absolute Gasteiger partial charge is 0.465 e.